The van der Waals surface area contributed by atoms with Gasteiger partial charge in [0.15, 0.2) is 0 Å². The molecule has 0 fully saturated rings. The Morgan fingerprint density at radius 3 is 2.85 bits per heavy atom. The van der Waals surface area contributed by atoms with Crippen LogP contribution in [0.5, 0.6) is 5.75 Å². The van der Waals surface area contributed by atoms with Gasteiger partial charge in [-0.2, -0.15) is 11.3 Å². The van der Waals surface area contributed by atoms with Gasteiger partial charge < -0.3 is 14.0 Å². The van der Waals surface area contributed by atoms with Gasteiger partial charge in [0, 0.05) is 17.7 Å². The van der Waals surface area contributed by atoms with Crippen LogP contribution in [0.1, 0.15) is 23.0 Å². The van der Waals surface area contributed by atoms with Gasteiger partial charge in [-0.15, -0.1) is 0 Å². The zero-order valence-electron chi connectivity index (χ0n) is 14.5. The summed E-state index contributed by atoms with van der Waals surface area (Å²) in [5.74, 6) is 0.509. The van der Waals surface area contributed by atoms with E-state index in [0.717, 1.165) is 45.6 Å². The van der Waals surface area contributed by atoms with Crippen LogP contribution in [0.25, 0.3) is 22.4 Å². The lowest BCUT2D eigenvalue weighted by Crippen LogP contribution is -2.17. The summed E-state index contributed by atoms with van der Waals surface area (Å²) >= 11 is 5.22. The normalized spacial score (nSPS) is 12.4. The number of halogens is 1. The van der Waals surface area contributed by atoms with E-state index in [2.05, 4.69) is 49.5 Å². The number of ether oxygens (including phenoxy) is 2. The molecule has 0 unspecified atom stereocenters. The Kier molecular flexibility index (Phi) is 4.63. The first-order chi connectivity index (χ1) is 12.6. The summed E-state index contributed by atoms with van der Waals surface area (Å²) in [4.78, 5) is 12.5. The average Bonchev–Trinajstić information content (AvgIpc) is 3.28. The number of rotatable bonds is 4. The molecular weight excluding hydrogens is 414 g/mol. The first-order valence-corrected chi connectivity index (χ1v) is 10.2. The third-order valence-electron chi connectivity index (χ3n) is 4.65. The van der Waals surface area contributed by atoms with Gasteiger partial charge in [0.05, 0.1) is 23.9 Å². The predicted molar refractivity (Wildman–Crippen MR) is 107 cm³/mol. The minimum atomic E-state index is -0.275. The van der Waals surface area contributed by atoms with Crippen LogP contribution in [-0.4, -0.2) is 24.3 Å². The number of carbonyl (C=O) groups is 1. The van der Waals surface area contributed by atoms with Crippen molar-refractivity contribution in [2.24, 2.45) is 0 Å². The molecule has 0 radical (unpaired) electrons. The predicted octanol–water partition coefficient (Wildman–Crippen LogP) is 5.39. The Morgan fingerprint density at radius 1 is 1.31 bits per heavy atom. The van der Waals surface area contributed by atoms with E-state index in [1.54, 1.807) is 18.4 Å². The van der Waals surface area contributed by atoms with E-state index in [9.17, 15) is 4.79 Å². The Labute approximate surface area is 164 Å². The molecule has 3 heterocycles. The van der Waals surface area contributed by atoms with E-state index >= 15 is 0 Å². The highest BCUT2D eigenvalue weighted by molar-refractivity contribution is 9.10. The number of benzene rings is 1. The van der Waals surface area contributed by atoms with E-state index in [1.807, 2.05) is 13.0 Å². The standard InChI is InChI=1S/C20H18BrNO3S/c1-3-25-20(23)17-9-14(13-5-7-26-11-13)19-15-10-18(24-2)16(21)8-12(15)4-6-22(17)19/h5,7-11H,3-4,6H2,1-2H3. The zero-order valence-corrected chi connectivity index (χ0v) is 16.9. The van der Waals surface area contributed by atoms with Gasteiger partial charge in [-0.1, -0.05) is 0 Å². The van der Waals surface area contributed by atoms with Gasteiger partial charge in [0.2, 0.25) is 0 Å². The van der Waals surface area contributed by atoms with E-state index in [-0.39, 0.29) is 5.97 Å². The van der Waals surface area contributed by atoms with Crippen LogP contribution in [0.4, 0.5) is 0 Å². The van der Waals surface area contributed by atoms with Gasteiger partial charge in [-0.3, -0.25) is 0 Å². The van der Waals surface area contributed by atoms with Crippen LogP contribution in [0.15, 0.2) is 39.5 Å². The van der Waals surface area contributed by atoms with Gasteiger partial charge in [-0.25, -0.2) is 4.79 Å². The lowest BCUT2D eigenvalue weighted by atomic mass is 9.94. The van der Waals surface area contributed by atoms with Crippen LogP contribution < -0.4 is 4.74 Å². The molecule has 0 amide bonds. The van der Waals surface area contributed by atoms with Crippen LogP contribution in [0.3, 0.4) is 0 Å². The van der Waals surface area contributed by atoms with Crippen molar-refractivity contribution < 1.29 is 14.3 Å². The number of hydrogen-bond donors (Lipinski definition) is 0. The van der Waals surface area contributed by atoms with Crippen molar-refractivity contribution in [1.29, 1.82) is 0 Å². The van der Waals surface area contributed by atoms with Crippen molar-refractivity contribution in [2.45, 2.75) is 19.9 Å². The number of fused-ring (bicyclic) bond motifs is 3. The molecular formula is C20H18BrNO3S. The summed E-state index contributed by atoms with van der Waals surface area (Å²) in [7, 11) is 1.66. The van der Waals surface area contributed by atoms with Gasteiger partial charge >= 0.3 is 5.97 Å². The van der Waals surface area contributed by atoms with Crippen molar-refractivity contribution >= 4 is 33.2 Å². The van der Waals surface area contributed by atoms with Crippen LogP contribution in [-0.2, 0) is 17.7 Å². The minimum Gasteiger partial charge on any atom is -0.496 e. The molecule has 1 aromatic carbocycles. The topological polar surface area (TPSA) is 40.5 Å². The largest absolute Gasteiger partial charge is 0.496 e. The van der Waals surface area contributed by atoms with E-state index in [1.165, 1.54) is 5.56 Å². The monoisotopic (exact) mass is 431 g/mol. The molecule has 0 atom stereocenters. The molecule has 1 aliphatic rings. The second-order valence-electron chi connectivity index (χ2n) is 6.07. The third-order valence-corrected chi connectivity index (χ3v) is 5.95. The fraction of sp³-hybridized carbons (Fsp3) is 0.250. The number of nitrogens with zero attached hydrogens (tertiary/aromatic N) is 1. The highest BCUT2D eigenvalue weighted by Crippen LogP contribution is 2.43. The van der Waals surface area contributed by atoms with Gasteiger partial charge in [0.1, 0.15) is 11.4 Å². The number of esters is 1. The van der Waals surface area contributed by atoms with Crippen molar-refractivity contribution in [3.8, 4) is 28.1 Å². The van der Waals surface area contributed by atoms with Crippen molar-refractivity contribution in [3.63, 3.8) is 0 Å². The molecule has 0 saturated heterocycles. The molecule has 2 aromatic heterocycles. The Balaban J connectivity index is 1.98. The molecule has 0 saturated carbocycles. The molecule has 1 aliphatic heterocycles. The Bertz CT molecular complexity index is 976. The molecule has 0 spiro atoms. The average molecular weight is 432 g/mol. The second-order valence-corrected chi connectivity index (χ2v) is 7.70. The number of aryl methyl sites for hydroxylation is 1. The molecule has 3 aromatic rings. The highest BCUT2D eigenvalue weighted by Gasteiger charge is 2.28. The van der Waals surface area contributed by atoms with E-state index in [0.29, 0.717) is 12.3 Å². The number of aromatic nitrogens is 1. The maximum absolute atomic E-state index is 12.5. The van der Waals surface area contributed by atoms with Gasteiger partial charge in [0.25, 0.3) is 0 Å². The smallest absolute Gasteiger partial charge is 0.354 e. The Hall–Kier alpha value is -2.05. The fourth-order valence-electron chi connectivity index (χ4n) is 3.49. The highest BCUT2D eigenvalue weighted by atomic mass is 79.9. The molecule has 26 heavy (non-hydrogen) atoms. The van der Waals surface area contributed by atoms with Crippen molar-refractivity contribution in [2.75, 3.05) is 13.7 Å². The van der Waals surface area contributed by atoms with Crippen LogP contribution in [0.2, 0.25) is 0 Å². The van der Waals surface area contributed by atoms with Crippen molar-refractivity contribution in [3.05, 3.63) is 50.8 Å². The SMILES string of the molecule is CCOC(=O)c1cc(-c2ccsc2)c2n1CCc1cc(Br)c(OC)cc1-2. The molecule has 0 bridgehead atoms. The quantitative estimate of drug-likeness (QED) is 0.520. The number of carbonyl (C=O) groups excluding carboxylic acids is 1. The van der Waals surface area contributed by atoms with Crippen LogP contribution in [0, 0.1) is 0 Å². The Morgan fingerprint density at radius 2 is 2.15 bits per heavy atom. The molecule has 0 aliphatic carbocycles. The number of thiophene rings is 1. The van der Waals surface area contributed by atoms with E-state index in [4.69, 9.17) is 9.47 Å². The fourth-order valence-corrected chi connectivity index (χ4v) is 4.70. The molecule has 4 nitrogen and oxygen atoms in total. The summed E-state index contributed by atoms with van der Waals surface area (Å²) < 4.78 is 13.8. The first kappa shape index (κ1) is 17.4. The summed E-state index contributed by atoms with van der Waals surface area (Å²) in [6.07, 6.45) is 0.856. The molecule has 4 rings (SSSR count). The lowest BCUT2D eigenvalue weighted by Gasteiger charge is -2.23. The molecule has 6 heteroatoms. The summed E-state index contributed by atoms with van der Waals surface area (Å²) in [5.41, 5.74) is 6.18. The summed E-state index contributed by atoms with van der Waals surface area (Å²) in [6, 6.07) is 8.21. The summed E-state index contributed by atoms with van der Waals surface area (Å²) in [6.45, 7) is 2.94. The summed E-state index contributed by atoms with van der Waals surface area (Å²) in [5, 5.41) is 4.16. The van der Waals surface area contributed by atoms with E-state index < -0.39 is 0 Å². The first-order valence-electron chi connectivity index (χ1n) is 8.44. The molecule has 134 valence electrons. The van der Waals surface area contributed by atoms with Crippen molar-refractivity contribution in [1.82, 2.24) is 4.57 Å². The zero-order chi connectivity index (χ0) is 18.3. The minimum absolute atomic E-state index is 0.275. The van der Waals surface area contributed by atoms with Crippen LogP contribution >= 0.6 is 27.3 Å². The lowest BCUT2D eigenvalue weighted by molar-refractivity contribution is 0.0514. The maximum Gasteiger partial charge on any atom is 0.354 e. The third kappa shape index (κ3) is 2.77. The van der Waals surface area contributed by atoms with Gasteiger partial charge in [-0.05, 0) is 75.4 Å². The maximum atomic E-state index is 12.5. The number of methoxy groups -OCH3 is 1. The molecule has 0 N–H and O–H groups in total. The second kappa shape index (κ2) is 6.93. The number of hydrogen-bond acceptors (Lipinski definition) is 4.